The topological polar surface area (TPSA) is 129 Å². The summed E-state index contributed by atoms with van der Waals surface area (Å²) in [5, 5.41) is 9.31. The summed E-state index contributed by atoms with van der Waals surface area (Å²) in [6, 6.07) is 1.34. The van der Waals surface area contributed by atoms with E-state index in [-0.39, 0.29) is 5.56 Å². The van der Waals surface area contributed by atoms with Crippen molar-refractivity contribution in [2.75, 3.05) is 0 Å². The first-order chi connectivity index (χ1) is 7.03. The predicted octanol–water partition coefficient (Wildman–Crippen LogP) is 0.194. The van der Waals surface area contributed by atoms with Gasteiger partial charge >= 0.3 is 0 Å². The molecule has 0 spiro atoms. The van der Waals surface area contributed by atoms with E-state index in [1.807, 2.05) is 0 Å². The largest absolute Gasteiger partial charge is 0.506 e. The molecule has 0 atom stereocenters. The van der Waals surface area contributed by atoms with Crippen molar-refractivity contribution in [1.82, 2.24) is 0 Å². The van der Waals surface area contributed by atoms with Gasteiger partial charge in [0.15, 0.2) is 0 Å². The van der Waals surface area contributed by atoms with Gasteiger partial charge < -0.3 is 5.11 Å². The molecule has 9 heteroatoms. The SMILES string of the molecule is Cc1cc(S(=O)(=O)O)cc(S(=O)(=O)O)c1O. The van der Waals surface area contributed by atoms with E-state index in [2.05, 4.69) is 0 Å². The van der Waals surface area contributed by atoms with Gasteiger partial charge in [-0.3, -0.25) is 9.11 Å². The van der Waals surface area contributed by atoms with Crippen molar-refractivity contribution in [3.05, 3.63) is 17.7 Å². The molecule has 0 amide bonds. The van der Waals surface area contributed by atoms with Crippen molar-refractivity contribution in [3.63, 3.8) is 0 Å². The van der Waals surface area contributed by atoms with E-state index < -0.39 is 35.8 Å². The van der Waals surface area contributed by atoms with Crippen LogP contribution in [0.25, 0.3) is 0 Å². The number of rotatable bonds is 2. The molecule has 90 valence electrons. The minimum absolute atomic E-state index is 0.109. The monoisotopic (exact) mass is 268 g/mol. The minimum Gasteiger partial charge on any atom is -0.506 e. The summed E-state index contributed by atoms with van der Waals surface area (Å²) >= 11 is 0. The molecular weight excluding hydrogens is 260 g/mol. The highest BCUT2D eigenvalue weighted by molar-refractivity contribution is 7.86. The molecule has 1 aromatic carbocycles. The van der Waals surface area contributed by atoms with E-state index in [4.69, 9.17) is 9.11 Å². The van der Waals surface area contributed by atoms with Crippen LogP contribution in [0.15, 0.2) is 21.9 Å². The van der Waals surface area contributed by atoms with Gasteiger partial charge in [0.05, 0.1) is 4.90 Å². The summed E-state index contributed by atoms with van der Waals surface area (Å²) in [6.07, 6.45) is 0. The summed E-state index contributed by atoms with van der Waals surface area (Å²) in [5.74, 6) is -0.769. The Hall–Kier alpha value is -1.16. The van der Waals surface area contributed by atoms with Crippen LogP contribution in [-0.4, -0.2) is 31.0 Å². The van der Waals surface area contributed by atoms with Gasteiger partial charge in [-0.15, -0.1) is 0 Å². The quantitative estimate of drug-likeness (QED) is 0.653. The summed E-state index contributed by atoms with van der Waals surface area (Å²) in [7, 11) is -9.38. The average molecular weight is 268 g/mol. The summed E-state index contributed by atoms with van der Waals surface area (Å²) in [4.78, 5) is -1.70. The standard InChI is InChI=1S/C7H8O7S2/c1-4-2-5(15(9,10)11)3-6(7(4)8)16(12,13)14/h2-3,8H,1H3,(H,9,10,11)(H,12,13,14). The van der Waals surface area contributed by atoms with Crippen LogP contribution in [0.1, 0.15) is 5.56 Å². The maximum atomic E-state index is 10.8. The zero-order chi connectivity index (χ0) is 12.7. The molecule has 1 rings (SSSR count). The molecule has 16 heavy (non-hydrogen) atoms. The van der Waals surface area contributed by atoms with Crippen molar-refractivity contribution < 1.29 is 31.0 Å². The van der Waals surface area contributed by atoms with Gasteiger partial charge in [0.2, 0.25) is 0 Å². The molecule has 7 nitrogen and oxygen atoms in total. The lowest BCUT2D eigenvalue weighted by Crippen LogP contribution is -2.04. The van der Waals surface area contributed by atoms with E-state index >= 15 is 0 Å². The van der Waals surface area contributed by atoms with E-state index in [0.29, 0.717) is 6.07 Å². The van der Waals surface area contributed by atoms with Gasteiger partial charge in [0, 0.05) is 0 Å². The van der Waals surface area contributed by atoms with Crippen molar-refractivity contribution in [3.8, 4) is 5.75 Å². The second-order valence-electron chi connectivity index (χ2n) is 3.04. The van der Waals surface area contributed by atoms with Gasteiger partial charge in [-0.2, -0.15) is 16.8 Å². The van der Waals surface area contributed by atoms with Gasteiger partial charge in [-0.1, -0.05) is 0 Å². The van der Waals surface area contributed by atoms with Crippen molar-refractivity contribution in [2.24, 2.45) is 0 Å². The number of aromatic hydroxyl groups is 1. The van der Waals surface area contributed by atoms with Crippen LogP contribution >= 0.6 is 0 Å². The first kappa shape index (κ1) is 12.9. The fourth-order valence-corrected chi connectivity index (χ4v) is 2.41. The Morgan fingerprint density at radius 1 is 1.00 bits per heavy atom. The maximum absolute atomic E-state index is 10.8. The number of phenolic OH excluding ortho intramolecular Hbond substituents is 1. The summed E-state index contributed by atoms with van der Waals surface area (Å²) in [6.45, 7) is 1.22. The number of aryl methyl sites for hydroxylation is 1. The van der Waals surface area contributed by atoms with Crippen LogP contribution in [0, 0.1) is 6.92 Å². The molecule has 0 aliphatic carbocycles. The van der Waals surface area contributed by atoms with Crippen molar-refractivity contribution in [2.45, 2.75) is 16.7 Å². The summed E-state index contributed by atoms with van der Waals surface area (Å²) in [5.41, 5.74) is -0.109. The van der Waals surface area contributed by atoms with Crippen LogP contribution in [0.3, 0.4) is 0 Å². The third kappa shape index (κ3) is 2.50. The number of benzene rings is 1. The second-order valence-corrected chi connectivity index (χ2v) is 5.85. The molecule has 0 saturated carbocycles. The molecular formula is C7H8O7S2. The molecule has 0 aromatic heterocycles. The van der Waals surface area contributed by atoms with E-state index in [1.165, 1.54) is 6.92 Å². The molecule has 0 unspecified atom stereocenters. The van der Waals surface area contributed by atoms with Crippen molar-refractivity contribution in [1.29, 1.82) is 0 Å². The van der Waals surface area contributed by atoms with Crippen LogP contribution in [0.2, 0.25) is 0 Å². The molecule has 0 heterocycles. The Morgan fingerprint density at radius 2 is 1.50 bits per heavy atom. The van der Waals surface area contributed by atoms with Gasteiger partial charge in [0.25, 0.3) is 20.2 Å². The highest BCUT2D eigenvalue weighted by atomic mass is 32.2. The highest BCUT2D eigenvalue weighted by Gasteiger charge is 2.22. The molecule has 0 saturated heterocycles. The lowest BCUT2D eigenvalue weighted by atomic mass is 10.2. The number of phenols is 1. The fraction of sp³-hybridized carbons (Fsp3) is 0.143. The molecule has 0 aliphatic heterocycles. The third-order valence-corrected chi connectivity index (χ3v) is 3.51. The van der Waals surface area contributed by atoms with Gasteiger partial charge in [-0.05, 0) is 24.6 Å². The number of hydrogen-bond donors (Lipinski definition) is 3. The van der Waals surface area contributed by atoms with Crippen LogP contribution in [-0.2, 0) is 20.2 Å². The molecule has 0 bridgehead atoms. The lowest BCUT2D eigenvalue weighted by Gasteiger charge is -2.06. The van der Waals surface area contributed by atoms with E-state index in [9.17, 15) is 21.9 Å². The van der Waals surface area contributed by atoms with E-state index in [0.717, 1.165) is 6.07 Å². The predicted molar refractivity (Wildman–Crippen MR) is 52.5 cm³/mol. The molecule has 3 N–H and O–H groups in total. The smallest absolute Gasteiger partial charge is 0.298 e. The molecule has 1 aromatic rings. The summed E-state index contributed by atoms with van der Waals surface area (Å²) < 4.78 is 60.6. The lowest BCUT2D eigenvalue weighted by molar-refractivity contribution is 0.438. The van der Waals surface area contributed by atoms with Gasteiger partial charge in [-0.25, -0.2) is 0 Å². The maximum Gasteiger partial charge on any atom is 0.298 e. The average Bonchev–Trinajstić information content (AvgIpc) is 2.05. The molecule has 0 aliphatic rings. The third-order valence-electron chi connectivity index (χ3n) is 1.81. The zero-order valence-electron chi connectivity index (χ0n) is 7.95. The van der Waals surface area contributed by atoms with Crippen LogP contribution in [0.5, 0.6) is 5.75 Å². The second kappa shape index (κ2) is 3.70. The van der Waals surface area contributed by atoms with Crippen LogP contribution in [0.4, 0.5) is 0 Å². The Kier molecular flexibility index (Phi) is 2.98. The number of hydrogen-bond acceptors (Lipinski definition) is 5. The minimum atomic E-state index is -4.76. The molecule has 0 radical (unpaired) electrons. The van der Waals surface area contributed by atoms with Gasteiger partial charge in [0.1, 0.15) is 10.6 Å². The zero-order valence-corrected chi connectivity index (χ0v) is 9.58. The fourth-order valence-electron chi connectivity index (χ4n) is 1.06. The Morgan fingerprint density at radius 3 is 1.88 bits per heavy atom. The first-order valence-corrected chi connectivity index (χ1v) is 6.70. The Bertz CT molecular complexity index is 627. The van der Waals surface area contributed by atoms with Crippen molar-refractivity contribution >= 4 is 20.2 Å². The first-order valence-electron chi connectivity index (χ1n) is 3.82. The normalized spacial score (nSPS) is 12.7. The Balaban J connectivity index is 3.72. The van der Waals surface area contributed by atoms with E-state index in [1.54, 1.807) is 0 Å². The van der Waals surface area contributed by atoms with Crippen LogP contribution < -0.4 is 0 Å². The molecule has 0 fully saturated rings. The highest BCUT2D eigenvalue weighted by Crippen LogP contribution is 2.29. The Labute approximate surface area is 91.8 Å².